The number of benzene rings is 1. The van der Waals surface area contributed by atoms with Crippen molar-refractivity contribution < 1.29 is 23.6 Å². The lowest BCUT2D eigenvalue weighted by Gasteiger charge is -2.26. The summed E-state index contributed by atoms with van der Waals surface area (Å²) in [6, 6.07) is 3.94. The highest BCUT2D eigenvalue weighted by Crippen LogP contribution is 2.34. The third-order valence-corrected chi connectivity index (χ3v) is 5.37. The average Bonchev–Trinajstić information content (AvgIpc) is 2.92. The summed E-state index contributed by atoms with van der Waals surface area (Å²) in [6.07, 6.45) is 1.72. The van der Waals surface area contributed by atoms with Crippen LogP contribution in [-0.2, 0) is 27.2 Å². The Kier molecular flexibility index (Phi) is 4.80. The molecule has 0 bridgehead atoms. The molecule has 8 nitrogen and oxygen atoms in total. The number of nitrogens with zero attached hydrogens (tertiary/aromatic N) is 2. The van der Waals surface area contributed by atoms with E-state index in [2.05, 4.69) is 10.5 Å². The average molecular weight is 399 g/mol. The van der Waals surface area contributed by atoms with E-state index in [-0.39, 0.29) is 17.9 Å². The maximum atomic E-state index is 12.5. The first kappa shape index (κ1) is 19.4. The molecule has 1 atom stereocenters. The smallest absolute Gasteiger partial charge is 0.410 e. The van der Waals surface area contributed by atoms with Gasteiger partial charge in [-0.2, -0.15) is 0 Å². The Morgan fingerprint density at radius 3 is 2.69 bits per heavy atom. The summed E-state index contributed by atoms with van der Waals surface area (Å²) in [7, 11) is 0. The Hall–Kier alpha value is -2.90. The number of piperidine rings is 1. The van der Waals surface area contributed by atoms with Crippen LogP contribution in [0, 0.1) is 0 Å². The highest BCUT2D eigenvalue weighted by Gasteiger charge is 2.33. The number of carbonyl (C=O) groups is 3. The van der Waals surface area contributed by atoms with Gasteiger partial charge in [0.05, 0.1) is 5.92 Å². The third kappa shape index (κ3) is 3.83. The van der Waals surface area contributed by atoms with Gasteiger partial charge in [0.25, 0.3) is 0 Å². The summed E-state index contributed by atoms with van der Waals surface area (Å²) in [5.74, 6) is -1.08. The van der Waals surface area contributed by atoms with Crippen LogP contribution in [0.3, 0.4) is 0 Å². The van der Waals surface area contributed by atoms with Gasteiger partial charge in [0, 0.05) is 30.5 Å². The molecule has 2 aliphatic heterocycles. The SMILES string of the molecule is CC(C)(C)OC(=O)N1CCc2ccc3c(C4CCC(=O)NC4=O)noc3c2CC1. The maximum absolute atomic E-state index is 12.5. The second-order valence-electron chi connectivity index (χ2n) is 8.62. The molecule has 8 heteroatoms. The summed E-state index contributed by atoms with van der Waals surface area (Å²) in [5.41, 5.74) is 2.81. The van der Waals surface area contributed by atoms with Gasteiger partial charge in [-0.3, -0.25) is 14.9 Å². The summed E-state index contributed by atoms with van der Waals surface area (Å²) in [4.78, 5) is 37.9. The van der Waals surface area contributed by atoms with Crippen LogP contribution >= 0.6 is 0 Å². The van der Waals surface area contributed by atoms with Gasteiger partial charge in [-0.15, -0.1) is 0 Å². The first-order valence-electron chi connectivity index (χ1n) is 9.94. The monoisotopic (exact) mass is 399 g/mol. The highest BCUT2D eigenvalue weighted by atomic mass is 16.6. The van der Waals surface area contributed by atoms with Gasteiger partial charge in [-0.05, 0) is 51.7 Å². The molecule has 3 heterocycles. The fourth-order valence-electron chi connectivity index (χ4n) is 3.96. The lowest BCUT2D eigenvalue weighted by molar-refractivity contribution is -0.134. The molecule has 0 spiro atoms. The van der Waals surface area contributed by atoms with Crippen molar-refractivity contribution >= 4 is 28.9 Å². The van der Waals surface area contributed by atoms with E-state index in [1.54, 1.807) is 4.90 Å². The molecule has 1 N–H and O–H groups in total. The second-order valence-corrected chi connectivity index (χ2v) is 8.62. The number of carbonyl (C=O) groups excluding carboxylic acids is 3. The summed E-state index contributed by atoms with van der Waals surface area (Å²) in [5, 5.41) is 7.35. The normalized spacial score (nSPS) is 20.2. The van der Waals surface area contributed by atoms with Crippen molar-refractivity contribution in [3.8, 4) is 0 Å². The number of imide groups is 1. The van der Waals surface area contributed by atoms with Gasteiger partial charge < -0.3 is 14.2 Å². The van der Waals surface area contributed by atoms with Crippen molar-refractivity contribution in [2.75, 3.05) is 13.1 Å². The van der Waals surface area contributed by atoms with Crippen LogP contribution in [-0.4, -0.2) is 46.7 Å². The molecule has 1 aromatic carbocycles. The molecule has 1 saturated heterocycles. The van der Waals surface area contributed by atoms with Gasteiger partial charge in [-0.25, -0.2) is 4.79 Å². The molecule has 4 rings (SSSR count). The lowest BCUT2D eigenvalue weighted by Crippen LogP contribution is -2.39. The zero-order valence-corrected chi connectivity index (χ0v) is 16.9. The minimum absolute atomic E-state index is 0.254. The number of nitrogens with one attached hydrogen (secondary N) is 1. The van der Waals surface area contributed by atoms with E-state index >= 15 is 0 Å². The predicted molar refractivity (Wildman–Crippen MR) is 104 cm³/mol. The number of fused-ring (bicyclic) bond motifs is 3. The minimum atomic E-state index is -0.536. The molecule has 1 unspecified atom stereocenters. The Bertz CT molecular complexity index is 988. The van der Waals surface area contributed by atoms with E-state index in [0.717, 1.165) is 16.5 Å². The fraction of sp³-hybridized carbons (Fsp3) is 0.524. The Labute approximate surface area is 168 Å². The van der Waals surface area contributed by atoms with Crippen LogP contribution in [0.1, 0.15) is 56.4 Å². The molecule has 29 heavy (non-hydrogen) atoms. The van der Waals surface area contributed by atoms with Crippen molar-refractivity contribution in [1.29, 1.82) is 0 Å². The molecule has 0 aliphatic carbocycles. The van der Waals surface area contributed by atoms with Crippen molar-refractivity contribution in [3.63, 3.8) is 0 Å². The van der Waals surface area contributed by atoms with Crippen LogP contribution in [0.25, 0.3) is 11.0 Å². The summed E-state index contributed by atoms with van der Waals surface area (Å²) >= 11 is 0. The maximum Gasteiger partial charge on any atom is 0.410 e. The molecule has 3 amide bonds. The molecule has 2 aromatic rings. The summed E-state index contributed by atoms with van der Waals surface area (Å²) in [6.45, 7) is 6.65. The van der Waals surface area contributed by atoms with Crippen molar-refractivity contribution in [2.24, 2.45) is 0 Å². The first-order valence-corrected chi connectivity index (χ1v) is 9.94. The van der Waals surface area contributed by atoms with Gasteiger partial charge >= 0.3 is 6.09 Å². The number of rotatable bonds is 1. The van der Waals surface area contributed by atoms with E-state index in [4.69, 9.17) is 9.26 Å². The molecule has 0 saturated carbocycles. The van der Waals surface area contributed by atoms with E-state index in [1.807, 2.05) is 32.9 Å². The molecule has 1 aromatic heterocycles. The van der Waals surface area contributed by atoms with Crippen molar-refractivity contribution in [2.45, 2.75) is 58.0 Å². The molecular formula is C21H25N3O5. The lowest BCUT2D eigenvalue weighted by atomic mass is 9.91. The number of hydrogen-bond donors (Lipinski definition) is 1. The number of amides is 3. The first-order chi connectivity index (χ1) is 13.7. The van der Waals surface area contributed by atoms with Crippen LogP contribution in [0.4, 0.5) is 4.79 Å². The Morgan fingerprint density at radius 1 is 1.21 bits per heavy atom. The molecular weight excluding hydrogens is 374 g/mol. The zero-order valence-electron chi connectivity index (χ0n) is 16.9. The highest BCUT2D eigenvalue weighted by molar-refractivity contribution is 6.02. The quantitative estimate of drug-likeness (QED) is 0.740. The van der Waals surface area contributed by atoms with Crippen LogP contribution in [0.2, 0.25) is 0 Å². The zero-order chi connectivity index (χ0) is 20.8. The van der Waals surface area contributed by atoms with E-state index in [1.165, 1.54) is 0 Å². The third-order valence-electron chi connectivity index (χ3n) is 5.37. The van der Waals surface area contributed by atoms with Crippen molar-refractivity contribution in [1.82, 2.24) is 15.4 Å². The Balaban J connectivity index is 1.60. The van der Waals surface area contributed by atoms with Crippen LogP contribution < -0.4 is 5.32 Å². The van der Waals surface area contributed by atoms with E-state index < -0.39 is 11.5 Å². The van der Waals surface area contributed by atoms with Crippen molar-refractivity contribution in [3.05, 3.63) is 29.0 Å². The fourth-order valence-corrected chi connectivity index (χ4v) is 3.96. The molecule has 0 radical (unpaired) electrons. The Morgan fingerprint density at radius 2 is 1.97 bits per heavy atom. The standard InChI is InChI=1S/C21H25N3O5/c1-21(2,3)28-20(27)24-10-8-12-4-5-14-17(15-6-7-16(25)22-19(15)26)23-29-18(14)13(12)9-11-24/h4-5,15H,6-11H2,1-3H3,(H,22,25,26). The van der Waals surface area contributed by atoms with Gasteiger partial charge in [0.1, 0.15) is 11.3 Å². The number of aromatic nitrogens is 1. The molecule has 154 valence electrons. The van der Waals surface area contributed by atoms with E-state index in [0.29, 0.717) is 50.0 Å². The second kappa shape index (κ2) is 7.17. The number of ether oxygens (including phenoxy) is 1. The minimum Gasteiger partial charge on any atom is -0.444 e. The van der Waals surface area contributed by atoms with Crippen LogP contribution in [0.15, 0.2) is 16.7 Å². The van der Waals surface area contributed by atoms with E-state index in [9.17, 15) is 14.4 Å². The number of hydrogen-bond acceptors (Lipinski definition) is 6. The topological polar surface area (TPSA) is 102 Å². The van der Waals surface area contributed by atoms with Gasteiger partial charge in [0.15, 0.2) is 5.58 Å². The van der Waals surface area contributed by atoms with Gasteiger partial charge in [-0.1, -0.05) is 11.2 Å². The largest absolute Gasteiger partial charge is 0.444 e. The predicted octanol–water partition coefficient (Wildman–Crippen LogP) is 2.68. The summed E-state index contributed by atoms with van der Waals surface area (Å²) < 4.78 is 11.2. The van der Waals surface area contributed by atoms with Gasteiger partial charge in [0.2, 0.25) is 11.8 Å². The molecule has 1 fully saturated rings. The van der Waals surface area contributed by atoms with Crippen LogP contribution in [0.5, 0.6) is 0 Å². The molecule has 2 aliphatic rings.